The Morgan fingerprint density at radius 2 is 1.89 bits per heavy atom. The smallest absolute Gasteiger partial charge is 0.348 e. The second-order valence-electron chi connectivity index (χ2n) is 3.96. The van der Waals surface area contributed by atoms with Gasteiger partial charge in [0.1, 0.15) is 28.6 Å². The lowest BCUT2D eigenvalue weighted by Crippen LogP contribution is -2.04. The first kappa shape index (κ1) is 11.3. The number of hydrogen-bond acceptors (Lipinski definition) is 4. The number of carbonyl (C=O) groups is 1. The zero-order valence-corrected chi connectivity index (χ0v) is 9.62. The van der Waals surface area contributed by atoms with Crippen LogP contribution >= 0.6 is 0 Å². The van der Waals surface area contributed by atoms with Gasteiger partial charge in [-0.05, 0) is 0 Å². The van der Waals surface area contributed by atoms with Crippen molar-refractivity contribution in [3.8, 4) is 11.3 Å². The molecule has 2 aromatic heterocycles. The van der Waals surface area contributed by atoms with Gasteiger partial charge in [-0.25, -0.2) is 9.59 Å². The van der Waals surface area contributed by atoms with Gasteiger partial charge in [0.2, 0.25) is 0 Å². The third-order valence-corrected chi connectivity index (χ3v) is 2.78. The van der Waals surface area contributed by atoms with Crippen LogP contribution in [0.3, 0.4) is 0 Å². The highest BCUT2D eigenvalue weighted by Gasteiger charge is 2.18. The Kier molecular flexibility index (Phi) is 2.45. The van der Waals surface area contributed by atoms with E-state index in [1.165, 1.54) is 6.07 Å². The molecule has 0 unspecified atom stereocenters. The van der Waals surface area contributed by atoms with Crippen LogP contribution in [-0.4, -0.2) is 11.1 Å². The summed E-state index contributed by atoms with van der Waals surface area (Å²) in [6.07, 6.45) is 1.04. The zero-order chi connectivity index (χ0) is 13.4. The maximum Gasteiger partial charge on any atom is 0.348 e. The lowest BCUT2D eigenvalue weighted by atomic mass is 10.1. The standard InChI is InChI=1S/C14H8O5/c15-13(16)9-7-18-11-6-10(19-14(17)12(9)11)8-4-2-1-3-5-8/h1-7H,(H,15,16). The first-order chi connectivity index (χ1) is 9.16. The third kappa shape index (κ3) is 1.81. The van der Waals surface area contributed by atoms with Gasteiger partial charge < -0.3 is 13.9 Å². The van der Waals surface area contributed by atoms with Crippen molar-refractivity contribution in [3.63, 3.8) is 0 Å². The van der Waals surface area contributed by atoms with Crippen LogP contribution in [0.15, 0.2) is 56.3 Å². The minimum absolute atomic E-state index is 0.0489. The van der Waals surface area contributed by atoms with Gasteiger partial charge in [-0.1, -0.05) is 30.3 Å². The van der Waals surface area contributed by atoms with Crippen molar-refractivity contribution in [1.29, 1.82) is 0 Å². The van der Waals surface area contributed by atoms with Crippen molar-refractivity contribution < 1.29 is 18.7 Å². The van der Waals surface area contributed by atoms with Crippen molar-refractivity contribution >= 4 is 16.9 Å². The Hall–Kier alpha value is -2.82. The van der Waals surface area contributed by atoms with Gasteiger partial charge in [0, 0.05) is 11.6 Å². The SMILES string of the molecule is O=C(O)c1coc2cc(-c3ccccc3)oc(=O)c12. The van der Waals surface area contributed by atoms with Crippen molar-refractivity contribution in [3.05, 3.63) is 58.6 Å². The van der Waals surface area contributed by atoms with Crippen molar-refractivity contribution in [2.75, 3.05) is 0 Å². The van der Waals surface area contributed by atoms with Gasteiger partial charge in [-0.3, -0.25) is 0 Å². The Morgan fingerprint density at radius 1 is 1.16 bits per heavy atom. The number of hydrogen-bond donors (Lipinski definition) is 1. The summed E-state index contributed by atoms with van der Waals surface area (Å²) in [6.45, 7) is 0. The lowest BCUT2D eigenvalue weighted by Gasteiger charge is -1.99. The highest BCUT2D eigenvalue weighted by molar-refractivity contribution is 6.02. The summed E-state index contributed by atoms with van der Waals surface area (Å²) in [4.78, 5) is 22.8. The Morgan fingerprint density at radius 3 is 2.58 bits per heavy atom. The number of rotatable bonds is 2. The maximum absolute atomic E-state index is 11.9. The molecule has 94 valence electrons. The van der Waals surface area contributed by atoms with E-state index >= 15 is 0 Å². The summed E-state index contributed by atoms with van der Waals surface area (Å²) in [5.74, 6) is -0.886. The van der Waals surface area contributed by atoms with E-state index in [0.29, 0.717) is 5.76 Å². The minimum Gasteiger partial charge on any atom is -0.478 e. The van der Waals surface area contributed by atoms with Gasteiger partial charge >= 0.3 is 11.6 Å². The van der Waals surface area contributed by atoms with Gasteiger partial charge in [0.25, 0.3) is 0 Å². The molecular weight excluding hydrogens is 248 g/mol. The molecule has 5 nitrogen and oxygen atoms in total. The summed E-state index contributed by atoms with van der Waals surface area (Å²) >= 11 is 0. The van der Waals surface area contributed by atoms with Crippen LogP contribution in [0.2, 0.25) is 0 Å². The largest absolute Gasteiger partial charge is 0.478 e. The quantitative estimate of drug-likeness (QED) is 0.762. The normalized spacial score (nSPS) is 10.7. The monoisotopic (exact) mass is 256 g/mol. The molecule has 0 spiro atoms. The minimum atomic E-state index is -1.22. The van der Waals surface area contributed by atoms with Gasteiger partial charge in [-0.2, -0.15) is 0 Å². The van der Waals surface area contributed by atoms with Crippen LogP contribution in [0.4, 0.5) is 0 Å². The number of fused-ring (bicyclic) bond motifs is 1. The predicted molar refractivity (Wildman–Crippen MR) is 67.1 cm³/mol. The maximum atomic E-state index is 11.9. The topological polar surface area (TPSA) is 80.7 Å². The van der Waals surface area contributed by atoms with Gasteiger partial charge in [-0.15, -0.1) is 0 Å². The van der Waals surface area contributed by atoms with Gasteiger partial charge in [0.15, 0.2) is 0 Å². The van der Waals surface area contributed by atoms with Crippen LogP contribution in [0.5, 0.6) is 0 Å². The second kappa shape index (κ2) is 4.13. The fourth-order valence-electron chi connectivity index (χ4n) is 1.89. The number of furan rings is 1. The van der Waals surface area contributed by atoms with Crippen LogP contribution in [-0.2, 0) is 0 Å². The van der Waals surface area contributed by atoms with E-state index in [2.05, 4.69) is 0 Å². The van der Waals surface area contributed by atoms with Gasteiger partial charge in [0.05, 0.1) is 0 Å². The Labute approximate surface area is 106 Å². The Balaban J connectivity index is 2.28. The molecule has 0 radical (unpaired) electrons. The van der Waals surface area contributed by atoms with E-state index in [-0.39, 0.29) is 16.5 Å². The van der Waals surface area contributed by atoms with Crippen molar-refractivity contribution in [2.24, 2.45) is 0 Å². The van der Waals surface area contributed by atoms with Crippen molar-refractivity contribution in [2.45, 2.75) is 0 Å². The van der Waals surface area contributed by atoms with E-state index in [0.717, 1.165) is 11.8 Å². The molecule has 0 saturated carbocycles. The molecule has 3 aromatic rings. The van der Waals surface area contributed by atoms with E-state index in [4.69, 9.17) is 13.9 Å². The number of aromatic carboxylic acids is 1. The van der Waals surface area contributed by atoms with E-state index in [1.807, 2.05) is 18.2 Å². The predicted octanol–water partition coefficient (Wildman–Crippen LogP) is 2.75. The van der Waals surface area contributed by atoms with Crippen LogP contribution in [0, 0.1) is 0 Å². The zero-order valence-electron chi connectivity index (χ0n) is 9.62. The molecule has 3 rings (SSSR count). The van der Waals surface area contributed by atoms with E-state index in [1.54, 1.807) is 12.1 Å². The molecule has 0 atom stereocenters. The molecule has 0 aliphatic carbocycles. The summed E-state index contributed by atoms with van der Waals surface area (Å²) in [5, 5.41) is 8.89. The number of carboxylic acids is 1. The Bertz CT molecular complexity index is 811. The van der Waals surface area contributed by atoms with E-state index < -0.39 is 11.6 Å². The number of benzene rings is 1. The second-order valence-corrected chi connectivity index (χ2v) is 3.96. The molecule has 19 heavy (non-hydrogen) atoms. The first-order valence-corrected chi connectivity index (χ1v) is 5.51. The molecule has 2 heterocycles. The summed E-state index contributed by atoms with van der Waals surface area (Å²) in [6, 6.07) is 10.5. The molecule has 5 heteroatoms. The molecule has 0 aliphatic rings. The van der Waals surface area contributed by atoms with Crippen LogP contribution in [0.1, 0.15) is 10.4 Å². The first-order valence-electron chi connectivity index (χ1n) is 5.51. The third-order valence-electron chi connectivity index (χ3n) is 2.78. The van der Waals surface area contributed by atoms with E-state index in [9.17, 15) is 9.59 Å². The average molecular weight is 256 g/mol. The molecule has 1 aromatic carbocycles. The molecular formula is C14H8O5. The summed E-state index contributed by atoms with van der Waals surface area (Å²) in [5.41, 5.74) is 0.00754. The highest BCUT2D eigenvalue weighted by atomic mass is 16.4. The summed E-state index contributed by atoms with van der Waals surface area (Å²) < 4.78 is 10.3. The highest BCUT2D eigenvalue weighted by Crippen LogP contribution is 2.24. The van der Waals surface area contributed by atoms with Crippen molar-refractivity contribution in [1.82, 2.24) is 0 Å². The fraction of sp³-hybridized carbons (Fsp3) is 0. The number of carboxylic acid groups (broad SMARTS) is 1. The fourth-order valence-corrected chi connectivity index (χ4v) is 1.89. The molecule has 0 fully saturated rings. The lowest BCUT2D eigenvalue weighted by molar-refractivity contribution is 0.0697. The molecule has 0 bridgehead atoms. The summed E-state index contributed by atoms with van der Waals surface area (Å²) in [7, 11) is 0. The molecule has 0 amide bonds. The molecule has 1 N–H and O–H groups in total. The van der Waals surface area contributed by atoms with Crippen LogP contribution < -0.4 is 5.63 Å². The molecule has 0 saturated heterocycles. The average Bonchev–Trinajstić information content (AvgIpc) is 2.84. The van der Waals surface area contributed by atoms with Crippen LogP contribution in [0.25, 0.3) is 22.3 Å². The molecule has 0 aliphatic heterocycles.